The molecule has 4 aromatic rings. The standard InChI is InChI=1S/C39H40F5N3O2/c1-3-45(4-2)23-24-46(27-38(39(42,43)44)21-19-29(20-22-38)28-11-6-5-7-12-28)36(49)26-47-31(18-17-30-13-10-15-33(40)37(30)41)25-35(48)32-14-8-9-16-34(32)47/h5-16,19-21,25H,3-4,17-18,22-24,26-27H2,1-2H3. The van der Waals surface area contributed by atoms with E-state index in [1.54, 1.807) is 34.9 Å². The Kier molecular flexibility index (Phi) is 11.2. The summed E-state index contributed by atoms with van der Waals surface area (Å²) < 4.78 is 75.1. The summed E-state index contributed by atoms with van der Waals surface area (Å²) in [6.07, 6.45) is -0.611. The average Bonchev–Trinajstić information content (AvgIpc) is 3.10. The summed E-state index contributed by atoms with van der Waals surface area (Å²) >= 11 is 0. The second kappa shape index (κ2) is 15.3. The fourth-order valence-corrected chi connectivity index (χ4v) is 6.39. The van der Waals surface area contributed by atoms with E-state index in [9.17, 15) is 18.4 Å². The van der Waals surface area contributed by atoms with Gasteiger partial charge in [0.2, 0.25) is 5.91 Å². The topological polar surface area (TPSA) is 45.5 Å². The summed E-state index contributed by atoms with van der Waals surface area (Å²) in [5, 5.41) is 0.339. The van der Waals surface area contributed by atoms with Crippen LogP contribution in [0.5, 0.6) is 0 Å². The van der Waals surface area contributed by atoms with E-state index in [4.69, 9.17) is 0 Å². The Labute approximate surface area is 283 Å². The fraction of sp³-hybridized carbons (Fsp3) is 0.333. The van der Waals surface area contributed by atoms with Crippen LogP contribution >= 0.6 is 0 Å². The zero-order valence-corrected chi connectivity index (χ0v) is 27.6. The normalized spacial score (nSPS) is 16.3. The summed E-state index contributed by atoms with van der Waals surface area (Å²) in [5.74, 6) is -2.53. The number of para-hydroxylation sites is 1. The van der Waals surface area contributed by atoms with Gasteiger partial charge in [0.15, 0.2) is 17.1 Å². The number of pyridine rings is 1. The Morgan fingerprint density at radius 3 is 2.29 bits per heavy atom. The van der Waals surface area contributed by atoms with E-state index in [0.29, 0.717) is 41.8 Å². The molecule has 5 nitrogen and oxygen atoms in total. The summed E-state index contributed by atoms with van der Waals surface area (Å²) in [6.45, 7) is 4.73. The first-order chi connectivity index (χ1) is 23.5. The first kappa shape index (κ1) is 35.7. The molecule has 258 valence electrons. The van der Waals surface area contributed by atoms with E-state index in [1.165, 1.54) is 35.3 Å². The number of aryl methyl sites for hydroxylation is 2. The molecule has 10 heteroatoms. The number of carbonyl (C=O) groups excluding carboxylic acids is 1. The molecular weight excluding hydrogens is 637 g/mol. The Morgan fingerprint density at radius 2 is 1.61 bits per heavy atom. The second-order valence-corrected chi connectivity index (χ2v) is 12.4. The number of rotatable bonds is 13. The first-order valence-electron chi connectivity index (χ1n) is 16.5. The molecule has 0 saturated heterocycles. The van der Waals surface area contributed by atoms with Gasteiger partial charge in [-0.25, -0.2) is 8.78 Å². The second-order valence-electron chi connectivity index (χ2n) is 12.4. The number of benzene rings is 3. The van der Waals surface area contributed by atoms with Gasteiger partial charge in [-0.05, 0) is 67.3 Å². The highest BCUT2D eigenvalue weighted by atomic mass is 19.4. The van der Waals surface area contributed by atoms with Gasteiger partial charge in [0.1, 0.15) is 12.0 Å². The molecule has 0 fully saturated rings. The molecule has 0 N–H and O–H groups in total. The van der Waals surface area contributed by atoms with Gasteiger partial charge in [-0.2, -0.15) is 13.2 Å². The number of amides is 1. The maximum Gasteiger partial charge on any atom is 0.399 e. The van der Waals surface area contributed by atoms with E-state index < -0.39 is 35.7 Å². The summed E-state index contributed by atoms with van der Waals surface area (Å²) in [4.78, 5) is 30.7. The molecule has 49 heavy (non-hydrogen) atoms. The minimum Gasteiger partial charge on any atom is -0.339 e. The lowest BCUT2D eigenvalue weighted by Gasteiger charge is -2.39. The summed E-state index contributed by atoms with van der Waals surface area (Å²) in [5.41, 5.74) is -0.202. The Balaban J connectivity index is 1.50. The van der Waals surface area contributed by atoms with Gasteiger partial charge < -0.3 is 14.4 Å². The highest BCUT2D eigenvalue weighted by molar-refractivity contribution is 5.83. The predicted octanol–water partition coefficient (Wildman–Crippen LogP) is 7.83. The van der Waals surface area contributed by atoms with Crippen LogP contribution in [0, 0.1) is 17.0 Å². The molecular formula is C39H40F5N3O2. The lowest BCUT2D eigenvalue weighted by atomic mass is 9.77. The summed E-state index contributed by atoms with van der Waals surface area (Å²) in [6, 6.07) is 21.1. The van der Waals surface area contributed by atoms with Gasteiger partial charge in [0, 0.05) is 36.8 Å². The largest absolute Gasteiger partial charge is 0.399 e. The van der Waals surface area contributed by atoms with Gasteiger partial charge in [0.25, 0.3) is 0 Å². The molecule has 1 aliphatic carbocycles. The van der Waals surface area contributed by atoms with E-state index in [1.807, 2.05) is 49.1 Å². The van der Waals surface area contributed by atoms with Crippen LogP contribution in [0.25, 0.3) is 16.5 Å². The third kappa shape index (κ3) is 8.02. The zero-order chi connectivity index (χ0) is 35.2. The first-order valence-corrected chi connectivity index (χ1v) is 16.5. The van der Waals surface area contributed by atoms with Crippen LogP contribution in [0.3, 0.4) is 0 Å². The van der Waals surface area contributed by atoms with Crippen molar-refractivity contribution in [3.8, 4) is 0 Å². The quantitative estimate of drug-likeness (QED) is 0.136. The van der Waals surface area contributed by atoms with Crippen LogP contribution in [-0.4, -0.2) is 59.2 Å². The van der Waals surface area contributed by atoms with Crippen LogP contribution in [0.2, 0.25) is 0 Å². The third-order valence-corrected chi connectivity index (χ3v) is 9.43. The zero-order valence-electron chi connectivity index (χ0n) is 27.6. The van der Waals surface area contributed by atoms with Gasteiger partial charge in [0.05, 0.1) is 5.52 Å². The number of nitrogens with zero attached hydrogens (tertiary/aromatic N) is 3. The van der Waals surface area contributed by atoms with Crippen molar-refractivity contribution >= 4 is 22.4 Å². The highest BCUT2D eigenvalue weighted by Gasteiger charge is 2.54. The number of hydrogen-bond donors (Lipinski definition) is 0. The van der Waals surface area contributed by atoms with E-state index in [2.05, 4.69) is 0 Å². The van der Waals surface area contributed by atoms with Crippen molar-refractivity contribution in [2.45, 2.75) is 45.8 Å². The molecule has 1 heterocycles. The van der Waals surface area contributed by atoms with Crippen LogP contribution < -0.4 is 5.43 Å². The molecule has 3 aromatic carbocycles. The number of halogens is 5. The lowest BCUT2D eigenvalue weighted by Crippen LogP contribution is -2.51. The average molecular weight is 678 g/mol. The van der Waals surface area contributed by atoms with E-state index in [-0.39, 0.29) is 43.3 Å². The Hall–Kier alpha value is -4.57. The smallest absolute Gasteiger partial charge is 0.339 e. The molecule has 0 spiro atoms. The molecule has 5 rings (SSSR count). The van der Waals surface area contributed by atoms with Crippen LogP contribution in [0.15, 0.2) is 102 Å². The molecule has 1 unspecified atom stereocenters. The Morgan fingerprint density at radius 1 is 0.898 bits per heavy atom. The van der Waals surface area contributed by atoms with Crippen molar-refractivity contribution in [1.29, 1.82) is 0 Å². The van der Waals surface area contributed by atoms with Crippen molar-refractivity contribution < 1.29 is 26.7 Å². The van der Waals surface area contributed by atoms with E-state index in [0.717, 1.165) is 11.6 Å². The SMILES string of the molecule is CCN(CC)CCN(CC1(C(F)(F)F)C=CC(c2ccccc2)=CC1)C(=O)Cn1c(CCc2cccc(F)c2F)cc(=O)c2ccccc21. The number of aromatic nitrogens is 1. The number of hydrogen-bond acceptors (Lipinski definition) is 3. The lowest BCUT2D eigenvalue weighted by molar-refractivity contribution is -0.210. The molecule has 1 aromatic heterocycles. The minimum atomic E-state index is -4.65. The summed E-state index contributed by atoms with van der Waals surface area (Å²) in [7, 11) is 0. The van der Waals surface area contributed by atoms with Gasteiger partial charge in [-0.1, -0.05) is 86.7 Å². The van der Waals surface area contributed by atoms with Crippen molar-refractivity contribution in [1.82, 2.24) is 14.4 Å². The number of allylic oxidation sites excluding steroid dienone is 3. The predicted molar refractivity (Wildman–Crippen MR) is 183 cm³/mol. The van der Waals surface area contributed by atoms with Crippen molar-refractivity contribution in [2.24, 2.45) is 5.41 Å². The van der Waals surface area contributed by atoms with Crippen LogP contribution in [0.1, 0.15) is 37.1 Å². The molecule has 0 radical (unpaired) electrons. The van der Waals surface area contributed by atoms with Gasteiger partial charge in [-0.3, -0.25) is 9.59 Å². The maximum atomic E-state index is 15.0. The number of fused-ring (bicyclic) bond motifs is 1. The van der Waals surface area contributed by atoms with Gasteiger partial charge in [-0.15, -0.1) is 0 Å². The van der Waals surface area contributed by atoms with Gasteiger partial charge >= 0.3 is 6.18 Å². The minimum absolute atomic E-state index is 0.0410. The Bertz CT molecular complexity index is 1900. The number of likely N-dealkylation sites (N-methyl/N-ethyl adjacent to an activating group) is 1. The van der Waals surface area contributed by atoms with Crippen molar-refractivity contribution in [2.75, 3.05) is 32.7 Å². The van der Waals surface area contributed by atoms with Crippen molar-refractivity contribution in [3.63, 3.8) is 0 Å². The van der Waals surface area contributed by atoms with Crippen LogP contribution in [0.4, 0.5) is 22.0 Å². The molecule has 1 atom stereocenters. The number of alkyl halides is 3. The molecule has 0 aliphatic heterocycles. The van der Waals surface area contributed by atoms with Crippen molar-refractivity contribution in [3.05, 3.63) is 136 Å². The van der Waals surface area contributed by atoms with Crippen LogP contribution in [-0.2, 0) is 24.2 Å². The molecule has 1 aliphatic rings. The fourth-order valence-electron chi connectivity index (χ4n) is 6.39. The monoisotopic (exact) mass is 677 g/mol. The highest BCUT2D eigenvalue weighted by Crippen LogP contribution is 2.47. The number of carbonyl (C=O) groups is 1. The third-order valence-electron chi connectivity index (χ3n) is 9.43. The molecule has 0 saturated carbocycles. The maximum absolute atomic E-state index is 15.0. The molecule has 1 amide bonds. The molecule has 0 bridgehead atoms. The van der Waals surface area contributed by atoms with E-state index >= 15 is 13.2 Å².